The number of hydrogen-bond acceptors (Lipinski definition) is 2. The average molecular weight is 253 g/mol. The summed E-state index contributed by atoms with van der Waals surface area (Å²) in [5.41, 5.74) is 2.66. The molecule has 1 saturated heterocycles. The van der Waals surface area contributed by atoms with Gasteiger partial charge in [0, 0.05) is 29.8 Å². The van der Waals surface area contributed by atoms with Crippen molar-refractivity contribution in [2.75, 3.05) is 18.5 Å². The first-order valence-electron chi connectivity index (χ1n) is 6.46. The predicted octanol–water partition coefficient (Wildman–Crippen LogP) is 3.44. The van der Waals surface area contributed by atoms with Crippen LogP contribution in [0, 0.1) is 0 Å². The van der Waals surface area contributed by atoms with Crippen molar-refractivity contribution in [1.82, 2.24) is 5.32 Å². The normalized spacial score (nSPS) is 19.9. The van der Waals surface area contributed by atoms with Crippen LogP contribution in [0.1, 0.15) is 31.7 Å². The molecule has 1 aliphatic rings. The van der Waals surface area contributed by atoms with E-state index in [0.717, 1.165) is 18.1 Å². The van der Waals surface area contributed by atoms with Gasteiger partial charge in [0.05, 0.1) is 0 Å². The van der Waals surface area contributed by atoms with Crippen LogP contribution in [-0.4, -0.2) is 19.6 Å². The lowest BCUT2D eigenvalue weighted by molar-refractivity contribution is 0.642. The molecule has 2 nitrogen and oxygen atoms in total. The van der Waals surface area contributed by atoms with Crippen molar-refractivity contribution in [3.8, 4) is 0 Å². The van der Waals surface area contributed by atoms with E-state index in [2.05, 4.69) is 29.3 Å². The second kappa shape index (κ2) is 5.74. The Morgan fingerprint density at radius 3 is 3.00 bits per heavy atom. The number of hydrogen-bond donors (Lipinski definition) is 1. The summed E-state index contributed by atoms with van der Waals surface area (Å²) in [6, 6.07) is 6.92. The lowest BCUT2D eigenvalue weighted by atomic mass is 10.1. The molecule has 1 fully saturated rings. The van der Waals surface area contributed by atoms with Gasteiger partial charge in [-0.25, -0.2) is 0 Å². The lowest BCUT2D eigenvalue weighted by Crippen LogP contribution is -2.29. The van der Waals surface area contributed by atoms with Crippen LogP contribution in [0.4, 0.5) is 5.69 Å². The molecule has 0 saturated carbocycles. The second-order valence-electron chi connectivity index (χ2n) is 4.70. The highest BCUT2D eigenvalue weighted by atomic mass is 35.5. The van der Waals surface area contributed by atoms with Crippen molar-refractivity contribution in [3.05, 3.63) is 28.8 Å². The third-order valence-corrected chi connectivity index (χ3v) is 3.81. The van der Waals surface area contributed by atoms with E-state index in [9.17, 15) is 0 Å². The first kappa shape index (κ1) is 12.7. The molecule has 1 unspecified atom stereocenters. The first-order chi connectivity index (χ1) is 8.26. The fourth-order valence-corrected chi connectivity index (χ4v) is 2.89. The molecule has 0 aliphatic carbocycles. The standard InChI is InChI=1S/C14H21ClN2/c1-3-13-5-4-8-17(13)14-9-12(15)7-6-11(14)10-16-2/h6-7,9,13,16H,3-5,8,10H2,1-2H3. The minimum absolute atomic E-state index is 0.684. The van der Waals surface area contributed by atoms with Crippen molar-refractivity contribution >= 4 is 17.3 Å². The van der Waals surface area contributed by atoms with E-state index in [1.807, 2.05) is 13.1 Å². The molecule has 0 bridgehead atoms. The van der Waals surface area contributed by atoms with Crippen LogP contribution in [0.15, 0.2) is 18.2 Å². The highest BCUT2D eigenvalue weighted by Crippen LogP contribution is 2.32. The van der Waals surface area contributed by atoms with E-state index in [1.54, 1.807) is 0 Å². The van der Waals surface area contributed by atoms with Gasteiger partial charge >= 0.3 is 0 Å². The number of nitrogens with one attached hydrogen (secondary N) is 1. The van der Waals surface area contributed by atoms with Gasteiger partial charge in [-0.1, -0.05) is 24.6 Å². The van der Waals surface area contributed by atoms with E-state index in [-0.39, 0.29) is 0 Å². The molecule has 17 heavy (non-hydrogen) atoms. The van der Waals surface area contributed by atoms with Gasteiger partial charge in [0.25, 0.3) is 0 Å². The number of halogens is 1. The van der Waals surface area contributed by atoms with Crippen molar-refractivity contribution in [2.24, 2.45) is 0 Å². The summed E-state index contributed by atoms with van der Waals surface area (Å²) < 4.78 is 0. The van der Waals surface area contributed by atoms with E-state index in [4.69, 9.17) is 11.6 Å². The summed E-state index contributed by atoms with van der Waals surface area (Å²) in [5.74, 6) is 0. The van der Waals surface area contributed by atoms with E-state index in [0.29, 0.717) is 6.04 Å². The highest BCUT2D eigenvalue weighted by Gasteiger charge is 2.24. The van der Waals surface area contributed by atoms with Gasteiger partial charge in [0.1, 0.15) is 0 Å². The maximum atomic E-state index is 6.14. The minimum atomic E-state index is 0.684. The maximum Gasteiger partial charge on any atom is 0.0429 e. The molecule has 94 valence electrons. The molecule has 1 aromatic rings. The predicted molar refractivity (Wildman–Crippen MR) is 74.9 cm³/mol. The SMILES string of the molecule is CCC1CCCN1c1cc(Cl)ccc1CNC. The summed E-state index contributed by atoms with van der Waals surface area (Å²) in [7, 11) is 1.99. The molecule has 1 aromatic carbocycles. The Bertz CT molecular complexity index is 378. The van der Waals surface area contributed by atoms with Crippen LogP contribution in [0.25, 0.3) is 0 Å². The summed E-state index contributed by atoms with van der Waals surface area (Å²) in [6.07, 6.45) is 3.82. The third-order valence-electron chi connectivity index (χ3n) is 3.57. The second-order valence-corrected chi connectivity index (χ2v) is 5.14. The van der Waals surface area contributed by atoms with Crippen LogP contribution in [-0.2, 0) is 6.54 Å². The van der Waals surface area contributed by atoms with E-state index >= 15 is 0 Å². The lowest BCUT2D eigenvalue weighted by Gasteiger charge is -2.28. The molecule has 0 amide bonds. The zero-order chi connectivity index (χ0) is 12.3. The van der Waals surface area contributed by atoms with Crippen molar-refractivity contribution in [3.63, 3.8) is 0 Å². The van der Waals surface area contributed by atoms with Crippen LogP contribution in [0.2, 0.25) is 5.02 Å². The van der Waals surface area contributed by atoms with Crippen LogP contribution in [0.3, 0.4) is 0 Å². The summed E-state index contributed by atoms with van der Waals surface area (Å²) >= 11 is 6.14. The average Bonchev–Trinajstić information content (AvgIpc) is 2.79. The molecule has 1 atom stereocenters. The molecule has 0 aromatic heterocycles. The smallest absolute Gasteiger partial charge is 0.0429 e. The Balaban J connectivity index is 2.31. The van der Waals surface area contributed by atoms with Crippen molar-refractivity contribution < 1.29 is 0 Å². The van der Waals surface area contributed by atoms with Gasteiger partial charge in [0.15, 0.2) is 0 Å². The number of anilines is 1. The van der Waals surface area contributed by atoms with Crippen molar-refractivity contribution in [1.29, 1.82) is 0 Å². The van der Waals surface area contributed by atoms with Crippen LogP contribution < -0.4 is 10.2 Å². The zero-order valence-electron chi connectivity index (χ0n) is 10.7. The number of benzene rings is 1. The maximum absolute atomic E-state index is 6.14. The molecule has 2 rings (SSSR count). The summed E-state index contributed by atoms with van der Waals surface area (Å²) in [6.45, 7) is 4.33. The number of rotatable bonds is 4. The quantitative estimate of drug-likeness (QED) is 0.883. The Kier molecular flexibility index (Phi) is 4.30. The molecule has 1 aliphatic heterocycles. The first-order valence-corrected chi connectivity index (χ1v) is 6.83. The minimum Gasteiger partial charge on any atom is -0.368 e. The summed E-state index contributed by atoms with van der Waals surface area (Å²) in [5, 5.41) is 4.07. The van der Waals surface area contributed by atoms with Gasteiger partial charge < -0.3 is 10.2 Å². The zero-order valence-corrected chi connectivity index (χ0v) is 11.4. The molecule has 3 heteroatoms. The van der Waals surface area contributed by atoms with Gasteiger partial charge in [-0.2, -0.15) is 0 Å². The fraction of sp³-hybridized carbons (Fsp3) is 0.571. The third kappa shape index (κ3) is 2.75. The van der Waals surface area contributed by atoms with Gasteiger partial charge in [0.2, 0.25) is 0 Å². The monoisotopic (exact) mass is 252 g/mol. The molecule has 0 radical (unpaired) electrons. The Hall–Kier alpha value is -0.730. The Morgan fingerprint density at radius 2 is 2.29 bits per heavy atom. The van der Waals surface area contributed by atoms with Crippen molar-refractivity contribution in [2.45, 2.75) is 38.8 Å². The molecule has 1 N–H and O–H groups in total. The topological polar surface area (TPSA) is 15.3 Å². The van der Waals surface area contributed by atoms with Gasteiger partial charge in [-0.05, 0) is 44.0 Å². The molecule has 1 heterocycles. The van der Waals surface area contributed by atoms with Gasteiger partial charge in [-0.15, -0.1) is 0 Å². The van der Waals surface area contributed by atoms with E-state index in [1.165, 1.54) is 30.5 Å². The molecular formula is C14H21ClN2. The molecule has 0 spiro atoms. The van der Waals surface area contributed by atoms with E-state index < -0.39 is 0 Å². The largest absolute Gasteiger partial charge is 0.368 e. The fourth-order valence-electron chi connectivity index (χ4n) is 2.72. The van der Waals surface area contributed by atoms with Crippen LogP contribution >= 0.6 is 11.6 Å². The van der Waals surface area contributed by atoms with Crippen LogP contribution in [0.5, 0.6) is 0 Å². The Labute approximate surface area is 109 Å². The van der Waals surface area contributed by atoms with Gasteiger partial charge in [-0.3, -0.25) is 0 Å². The highest BCUT2D eigenvalue weighted by molar-refractivity contribution is 6.30. The summed E-state index contributed by atoms with van der Waals surface area (Å²) in [4.78, 5) is 2.53. The molecular weight excluding hydrogens is 232 g/mol. The number of nitrogens with zero attached hydrogens (tertiary/aromatic N) is 1. The Morgan fingerprint density at radius 1 is 1.47 bits per heavy atom.